The third-order valence-corrected chi connectivity index (χ3v) is 7.33. The van der Waals surface area contributed by atoms with E-state index in [1.165, 1.54) is 6.33 Å². The van der Waals surface area contributed by atoms with Crippen LogP contribution in [0.1, 0.15) is 27.8 Å². The van der Waals surface area contributed by atoms with E-state index < -0.39 is 9.84 Å². The van der Waals surface area contributed by atoms with E-state index in [4.69, 9.17) is 4.99 Å². The molecule has 0 atom stereocenters. The molecule has 164 valence electrons. The Labute approximate surface area is 193 Å². The first-order chi connectivity index (χ1) is 15.8. The Hall–Kier alpha value is -3.84. The normalized spacial score (nSPS) is 14.0. The van der Waals surface area contributed by atoms with Crippen LogP contribution in [0.4, 0.5) is 17.2 Å². The Morgan fingerprint density at radius 1 is 0.758 bits per heavy atom. The van der Waals surface area contributed by atoms with E-state index in [0.717, 1.165) is 27.9 Å². The van der Waals surface area contributed by atoms with Gasteiger partial charge in [0.15, 0.2) is 10.8 Å². The van der Waals surface area contributed by atoms with Gasteiger partial charge < -0.3 is 5.32 Å². The van der Waals surface area contributed by atoms with Gasteiger partial charge in [0.05, 0.1) is 10.6 Å². The summed E-state index contributed by atoms with van der Waals surface area (Å²) >= 11 is 0. The molecule has 2 heterocycles. The number of sulfone groups is 1. The topological polar surface area (TPSA) is 84.3 Å². The van der Waals surface area contributed by atoms with Crippen LogP contribution in [0.15, 0.2) is 88.0 Å². The quantitative estimate of drug-likeness (QED) is 0.366. The van der Waals surface area contributed by atoms with Crippen LogP contribution in [0.3, 0.4) is 0 Å². The molecule has 1 aliphatic rings. The van der Waals surface area contributed by atoms with Gasteiger partial charge in [-0.3, -0.25) is 0 Å². The van der Waals surface area contributed by atoms with Gasteiger partial charge in [-0.05, 0) is 45.0 Å². The molecule has 3 aromatic carbocycles. The number of anilines is 2. The molecule has 0 radical (unpaired) electrons. The molecule has 0 aliphatic carbocycles. The second-order valence-electron chi connectivity index (χ2n) is 8.20. The zero-order valence-electron chi connectivity index (χ0n) is 18.5. The first-order valence-electron chi connectivity index (χ1n) is 10.5. The highest BCUT2D eigenvalue weighted by atomic mass is 32.2. The Balaban J connectivity index is 1.79. The van der Waals surface area contributed by atoms with E-state index in [9.17, 15) is 8.42 Å². The minimum atomic E-state index is -3.93. The van der Waals surface area contributed by atoms with Crippen molar-refractivity contribution in [1.82, 2.24) is 9.97 Å². The van der Waals surface area contributed by atoms with Gasteiger partial charge in [0.25, 0.3) is 0 Å². The number of nitrogens with one attached hydrogen (secondary N) is 1. The number of aromatic nitrogens is 2. The summed E-state index contributed by atoms with van der Waals surface area (Å²) in [5, 5.41) is 3.11. The van der Waals surface area contributed by atoms with E-state index in [0.29, 0.717) is 17.1 Å². The molecule has 4 aromatic rings. The Kier molecular flexibility index (Phi) is 5.06. The smallest absolute Gasteiger partial charge is 0.226 e. The molecule has 1 aromatic heterocycles. The minimum absolute atomic E-state index is 0.112. The molecule has 0 spiro atoms. The average Bonchev–Trinajstić information content (AvgIpc) is 2.89. The van der Waals surface area contributed by atoms with Crippen molar-refractivity contribution in [2.45, 2.75) is 30.7 Å². The molecule has 0 fully saturated rings. The average molecular weight is 455 g/mol. The molecular weight excluding hydrogens is 432 g/mol. The highest BCUT2D eigenvalue weighted by molar-refractivity contribution is 7.91. The zero-order valence-corrected chi connectivity index (χ0v) is 19.3. The highest BCUT2D eigenvalue weighted by Gasteiger charge is 2.33. The van der Waals surface area contributed by atoms with Gasteiger partial charge in [-0.1, -0.05) is 59.2 Å². The summed E-state index contributed by atoms with van der Waals surface area (Å²) in [5.74, 6) is 0.335. The number of hydrogen-bond acceptors (Lipinski definition) is 6. The Morgan fingerprint density at radius 2 is 1.39 bits per heavy atom. The molecule has 33 heavy (non-hydrogen) atoms. The number of benzene rings is 3. The van der Waals surface area contributed by atoms with Gasteiger partial charge in [0.2, 0.25) is 9.84 Å². The standard InChI is InChI=1S/C26H22N4O2S/c1-16-4-9-19(10-5-16)23-21-14-18(3)8-13-22(21)33(31,32)26-24(30-23)25(27-15-28-26)29-20-11-6-17(2)7-12-20/h4-15H,1-3H3,(H,27,28,29). The highest BCUT2D eigenvalue weighted by Crippen LogP contribution is 2.40. The lowest BCUT2D eigenvalue weighted by Gasteiger charge is -2.11. The van der Waals surface area contributed by atoms with Gasteiger partial charge in [0, 0.05) is 16.8 Å². The number of rotatable bonds is 3. The van der Waals surface area contributed by atoms with Crippen LogP contribution >= 0.6 is 0 Å². The fourth-order valence-corrected chi connectivity index (χ4v) is 5.28. The summed E-state index contributed by atoms with van der Waals surface area (Å²) in [4.78, 5) is 13.6. The van der Waals surface area contributed by atoms with Gasteiger partial charge in [-0.2, -0.15) is 0 Å². The van der Waals surface area contributed by atoms with Crippen molar-refractivity contribution < 1.29 is 8.42 Å². The molecular formula is C26H22N4O2S. The van der Waals surface area contributed by atoms with Gasteiger partial charge >= 0.3 is 0 Å². The number of fused-ring (bicyclic) bond motifs is 2. The predicted octanol–water partition coefficient (Wildman–Crippen LogP) is 5.46. The SMILES string of the molecule is Cc1ccc(Nc2ncnc3c2N=C(c2ccc(C)cc2)c2cc(C)ccc2S3(=O)=O)cc1. The lowest BCUT2D eigenvalue weighted by Crippen LogP contribution is -2.10. The molecule has 1 N–H and O–H groups in total. The lowest BCUT2D eigenvalue weighted by atomic mass is 9.99. The number of hydrogen-bond donors (Lipinski definition) is 1. The Bertz CT molecular complexity index is 1510. The maximum Gasteiger partial charge on any atom is 0.226 e. The second kappa shape index (κ2) is 7.94. The molecule has 0 unspecified atom stereocenters. The van der Waals surface area contributed by atoms with Crippen molar-refractivity contribution in [3.63, 3.8) is 0 Å². The van der Waals surface area contributed by atoms with Crippen molar-refractivity contribution in [1.29, 1.82) is 0 Å². The second-order valence-corrected chi connectivity index (χ2v) is 10.0. The van der Waals surface area contributed by atoms with Crippen LogP contribution in [0.25, 0.3) is 0 Å². The van der Waals surface area contributed by atoms with Crippen molar-refractivity contribution in [2.24, 2.45) is 4.99 Å². The maximum absolute atomic E-state index is 13.7. The third kappa shape index (κ3) is 3.81. The number of aryl methyl sites for hydroxylation is 3. The summed E-state index contributed by atoms with van der Waals surface area (Å²) in [6.45, 7) is 5.94. The Morgan fingerprint density at radius 3 is 2.09 bits per heavy atom. The van der Waals surface area contributed by atoms with Crippen LogP contribution in [-0.2, 0) is 9.84 Å². The lowest BCUT2D eigenvalue weighted by molar-refractivity contribution is 0.592. The third-order valence-electron chi connectivity index (χ3n) is 5.59. The van der Waals surface area contributed by atoms with Gasteiger partial charge in [-0.15, -0.1) is 0 Å². The monoisotopic (exact) mass is 454 g/mol. The molecule has 0 saturated heterocycles. The first-order valence-corrected chi connectivity index (χ1v) is 12.0. The van der Waals surface area contributed by atoms with Crippen molar-refractivity contribution in [3.8, 4) is 0 Å². The maximum atomic E-state index is 13.7. The van der Waals surface area contributed by atoms with E-state index in [1.807, 2.05) is 75.4 Å². The summed E-state index contributed by atoms with van der Waals surface area (Å²) in [6.07, 6.45) is 1.26. The van der Waals surface area contributed by atoms with Crippen molar-refractivity contribution in [2.75, 3.05) is 5.32 Å². The van der Waals surface area contributed by atoms with Gasteiger partial charge in [0.1, 0.15) is 12.0 Å². The first kappa shape index (κ1) is 21.0. The summed E-state index contributed by atoms with van der Waals surface area (Å²) in [5.41, 5.74) is 6.09. The fourth-order valence-electron chi connectivity index (χ4n) is 3.80. The fraction of sp³-hybridized carbons (Fsp3) is 0.115. The van der Waals surface area contributed by atoms with E-state index in [1.54, 1.807) is 12.1 Å². The molecule has 5 rings (SSSR count). The minimum Gasteiger partial charge on any atom is -0.338 e. The van der Waals surface area contributed by atoms with Crippen LogP contribution in [-0.4, -0.2) is 24.1 Å². The molecule has 6 nitrogen and oxygen atoms in total. The zero-order chi connectivity index (χ0) is 23.2. The molecule has 7 heteroatoms. The van der Waals surface area contributed by atoms with E-state index >= 15 is 0 Å². The molecule has 1 aliphatic heterocycles. The van der Waals surface area contributed by atoms with E-state index in [2.05, 4.69) is 15.3 Å². The van der Waals surface area contributed by atoms with Crippen molar-refractivity contribution in [3.05, 3.63) is 101 Å². The van der Waals surface area contributed by atoms with Gasteiger partial charge in [-0.25, -0.2) is 23.4 Å². The van der Waals surface area contributed by atoms with Crippen LogP contribution < -0.4 is 5.32 Å². The summed E-state index contributed by atoms with van der Waals surface area (Å²) in [7, 11) is -3.93. The van der Waals surface area contributed by atoms with Crippen molar-refractivity contribution >= 4 is 32.7 Å². The summed E-state index contributed by atoms with van der Waals surface area (Å²) < 4.78 is 27.4. The van der Waals surface area contributed by atoms with Crippen LogP contribution in [0, 0.1) is 20.8 Å². The van der Waals surface area contributed by atoms with Crippen LogP contribution in [0.5, 0.6) is 0 Å². The molecule has 0 bridgehead atoms. The summed E-state index contributed by atoms with van der Waals surface area (Å²) in [6, 6.07) is 20.9. The molecule has 0 saturated carbocycles. The number of nitrogens with zero attached hydrogens (tertiary/aromatic N) is 3. The predicted molar refractivity (Wildman–Crippen MR) is 130 cm³/mol. The number of aliphatic imine (C=N–C) groups is 1. The largest absolute Gasteiger partial charge is 0.338 e. The van der Waals surface area contributed by atoms with Crippen LogP contribution in [0.2, 0.25) is 0 Å². The van der Waals surface area contributed by atoms with E-state index in [-0.39, 0.29) is 15.6 Å². The molecule has 0 amide bonds.